The minimum atomic E-state index is -5.01. The Morgan fingerprint density at radius 3 is 2.29 bits per heavy atom. The highest BCUT2D eigenvalue weighted by molar-refractivity contribution is 6.32. The van der Waals surface area contributed by atoms with Crippen molar-refractivity contribution < 1.29 is 26.9 Å². The third kappa shape index (κ3) is 2.78. The van der Waals surface area contributed by atoms with E-state index in [4.69, 9.17) is 11.6 Å². The van der Waals surface area contributed by atoms with Crippen molar-refractivity contribution in [3.8, 4) is 0 Å². The zero-order valence-corrected chi connectivity index (χ0v) is 8.39. The van der Waals surface area contributed by atoms with E-state index in [0.717, 1.165) is 0 Å². The lowest BCUT2D eigenvalue weighted by Gasteiger charge is -2.09. The van der Waals surface area contributed by atoms with Crippen LogP contribution in [0.1, 0.15) is 17.8 Å². The molecule has 0 radical (unpaired) electrons. The Kier molecular flexibility index (Phi) is 3.51. The fraction of sp³-hybridized carbons (Fsp3) is 0.286. The first-order valence-electron chi connectivity index (χ1n) is 3.84. The summed E-state index contributed by atoms with van der Waals surface area (Å²) in [5, 5.41) is 9.34. The first-order chi connectivity index (χ1) is 7.64. The molecule has 1 aromatic heterocycles. The molecule has 94 valence electrons. The van der Waals surface area contributed by atoms with E-state index in [9.17, 15) is 32.1 Å². The van der Waals surface area contributed by atoms with Crippen LogP contribution < -0.4 is 0 Å². The standard InChI is InChI=1S/C7H2ClF5N2O2/c8-2-1-3(7(11,12)13)14-4(6(9)10)5(2)15(16)17/h1,6H. The molecule has 0 bridgehead atoms. The number of halogens is 6. The minimum absolute atomic E-state index is 0.131. The van der Waals surface area contributed by atoms with Gasteiger partial charge in [-0.3, -0.25) is 10.1 Å². The lowest BCUT2D eigenvalue weighted by molar-refractivity contribution is -0.386. The molecule has 0 saturated carbocycles. The number of rotatable bonds is 2. The van der Waals surface area contributed by atoms with Crippen LogP contribution in [0.5, 0.6) is 0 Å². The molecule has 0 aliphatic heterocycles. The van der Waals surface area contributed by atoms with Crippen molar-refractivity contribution in [1.82, 2.24) is 4.98 Å². The predicted octanol–water partition coefficient (Wildman–Crippen LogP) is 3.60. The summed E-state index contributed by atoms with van der Waals surface area (Å²) in [6.07, 6.45) is -8.54. The van der Waals surface area contributed by atoms with Crippen molar-refractivity contribution in [2.45, 2.75) is 12.6 Å². The van der Waals surface area contributed by atoms with Gasteiger partial charge in [0.15, 0.2) is 5.69 Å². The fourth-order valence-corrected chi connectivity index (χ4v) is 1.27. The molecule has 1 aromatic rings. The van der Waals surface area contributed by atoms with Gasteiger partial charge in [0.2, 0.25) is 0 Å². The first kappa shape index (κ1) is 13.6. The number of nitro groups is 1. The molecule has 0 saturated heterocycles. The summed E-state index contributed by atoms with van der Waals surface area (Å²) < 4.78 is 61.3. The molecule has 1 rings (SSSR count). The second-order valence-electron chi connectivity index (χ2n) is 2.78. The number of hydrogen-bond acceptors (Lipinski definition) is 3. The van der Waals surface area contributed by atoms with Crippen molar-refractivity contribution >= 4 is 17.3 Å². The molecule has 0 aliphatic carbocycles. The molecule has 0 fully saturated rings. The van der Waals surface area contributed by atoms with Crippen LogP contribution >= 0.6 is 11.6 Å². The highest BCUT2D eigenvalue weighted by Crippen LogP contribution is 2.38. The molecule has 0 N–H and O–H groups in total. The van der Waals surface area contributed by atoms with Gasteiger partial charge >= 0.3 is 11.9 Å². The largest absolute Gasteiger partial charge is 0.433 e. The van der Waals surface area contributed by atoms with Crippen LogP contribution in [0.3, 0.4) is 0 Å². The van der Waals surface area contributed by atoms with Crippen molar-refractivity contribution in [3.63, 3.8) is 0 Å². The maximum atomic E-state index is 12.3. The summed E-state index contributed by atoms with van der Waals surface area (Å²) in [5.41, 5.74) is -4.63. The van der Waals surface area contributed by atoms with Gasteiger partial charge in [-0.15, -0.1) is 0 Å². The first-order valence-corrected chi connectivity index (χ1v) is 4.22. The van der Waals surface area contributed by atoms with E-state index in [-0.39, 0.29) is 6.07 Å². The Hall–Kier alpha value is -1.51. The van der Waals surface area contributed by atoms with E-state index in [1.54, 1.807) is 0 Å². The summed E-state index contributed by atoms with van der Waals surface area (Å²) in [6, 6.07) is 0.131. The van der Waals surface area contributed by atoms with E-state index >= 15 is 0 Å². The van der Waals surface area contributed by atoms with Crippen LogP contribution in [0, 0.1) is 10.1 Å². The number of nitrogens with zero attached hydrogens (tertiary/aromatic N) is 2. The molecule has 4 nitrogen and oxygen atoms in total. The quantitative estimate of drug-likeness (QED) is 0.471. The van der Waals surface area contributed by atoms with Crippen LogP contribution in [0.4, 0.5) is 27.6 Å². The molecule has 0 atom stereocenters. The SMILES string of the molecule is O=[N+]([O-])c1c(Cl)cc(C(F)(F)F)nc1C(F)F. The second-order valence-corrected chi connectivity index (χ2v) is 3.19. The molecule has 0 aromatic carbocycles. The summed E-state index contributed by atoms with van der Waals surface area (Å²) in [4.78, 5) is 11.6. The van der Waals surface area contributed by atoms with Crippen LogP contribution in [-0.4, -0.2) is 9.91 Å². The van der Waals surface area contributed by atoms with Gasteiger partial charge in [0.1, 0.15) is 10.7 Å². The molecular weight excluding hydrogens is 275 g/mol. The lowest BCUT2D eigenvalue weighted by atomic mass is 10.2. The van der Waals surface area contributed by atoms with Gasteiger partial charge in [-0.25, -0.2) is 13.8 Å². The molecule has 0 unspecified atom stereocenters. The molecular formula is C7H2ClF5N2O2. The van der Waals surface area contributed by atoms with Crippen LogP contribution in [0.25, 0.3) is 0 Å². The van der Waals surface area contributed by atoms with Gasteiger partial charge in [-0.1, -0.05) is 11.6 Å². The smallest absolute Gasteiger partial charge is 0.258 e. The van der Waals surface area contributed by atoms with E-state index < -0.39 is 39.6 Å². The third-order valence-electron chi connectivity index (χ3n) is 1.65. The Morgan fingerprint density at radius 1 is 1.41 bits per heavy atom. The van der Waals surface area contributed by atoms with Gasteiger partial charge < -0.3 is 0 Å². The predicted molar refractivity (Wildman–Crippen MR) is 45.9 cm³/mol. The maximum Gasteiger partial charge on any atom is 0.433 e. The molecule has 0 aliphatic rings. The topological polar surface area (TPSA) is 56.0 Å². The van der Waals surface area contributed by atoms with Crippen LogP contribution in [-0.2, 0) is 6.18 Å². The van der Waals surface area contributed by atoms with E-state index in [1.807, 2.05) is 0 Å². The van der Waals surface area contributed by atoms with E-state index in [0.29, 0.717) is 0 Å². The summed E-state index contributed by atoms with van der Waals surface area (Å²) in [5.74, 6) is 0. The summed E-state index contributed by atoms with van der Waals surface area (Å²) in [7, 11) is 0. The van der Waals surface area contributed by atoms with Gasteiger partial charge in [-0.05, 0) is 6.07 Å². The highest BCUT2D eigenvalue weighted by atomic mass is 35.5. The summed E-state index contributed by atoms with van der Waals surface area (Å²) >= 11 is 5.16. The maximum absolute atomic E-state index is 12.3. The molecule has 10 heteroatoms. The molecule has 0 spiro atoms. The van der Waals surface area contributed by atoms with Crippen LogP contribution in [0.2, 0.25) is 5.02 Å². The molecule has 0 amide bonds. The van der Waals surface area contributed by atoms with Crippen molar-refractivity contribution in [1.29, 1.82) is 0 Å². The molecule has 17 heavy (non-hydrogen) atoms. The Bertz CT molecular complexity index is 462. The van der Waals surface area contributed by atoms with Gasteiger partial charge in [-0.2, -0.15) is 13.2 Å². The normalized spacial score (nSPS) is 11.9. The highest BCUT2D eigenvalue weighted by Gasteiger charge is 2.37. The van der Waals surface area contributed by atoms with Crippen molar-refractivity contribution in [2.24, 2.45) is 0 Å². The third-order valence-corrected chi connectivity index (χ3v) is 1.94. The summed E-state index contributed by atoms with van der Waals surface area (Å²) in [6.45, 7) is 0. The van der Waals surface area contributed by atoms with Gasteiger partial charge in [0.05, 0.1) is 4.92 Å². The lowest BCUT2D eigenvalue weighted by Crippen LogP contribution is -2.11. The van der Waals surface area contributed by atoms with Crippen molar-refractivity contribution in [3.05, 3.63) is 32.6 Å². The van der Waals surface area contributed by atoms with Gasteiger partial charge in [0, 0.05) is 0 Å². The Labute approximate surface area is 95.2 Å². The van der Waals surface area contributed by atoms with E-state index in [2.05, 4.69) is 4.98 Å². The second kappa shape index (κ2) is 4.40. The van der Waals surface area contributed by atoms with Crippen LogP contribution in [0.15, 0.2) is 6.07 Å². The van der Waals surface area contributed by atoms with E-state index in [1.165, 1.54) is 0 Å². The van der Waals surface area contributed by atoms with Gasteiger partial charge in [0.25, 0.3) is 6.43 Å². The Morgan fingerprint density at radius 2 is 1.94 bits per heavy atom. The average molecular weight is 277 g/mol. The molecule has 1 heterocycles. The van der Waals surface area contributed by atoms with Crippen molar-refractivity contribution in [2.75, 3.05) is 0 Å². The number of aromatic nitrogens is 1. The monoisotopic (exact) mass is 276 g/mol. The average Bonchev–Trinajstić information content (AvgIpc) is 2.13. The zero-order chi connectivity index (χ0) is 13.4. The Balaban J connectivity index is 3.52. The number of hydrogen-bond donors (Lipinski definition) is 0. The number of alkyl halides is 5. The number of pyridine rings is 1. The fourth-order valence-electron chi connectivity index (χ4n) is 1.00. The zero-order valence-electron chi connectivity index (χ0n) is 7.63. The minimum Gasteiger partial charge on any atom is -0.258 e.